The molecular weight excluding hydrogens is 304 g/mol. The van der Waals surface area contributed by atoms with Gasteiger partial charge < -0.3 is 15.2 Å². The van der Waals surface area contributed by atoms with Gasteiger partial charge in [-0.15, -0.1) is 11.3 Å². The van der Waals surface area contributed by atoms with Gasteiger partial charge in [-0.3, -0.25) is 14.6 Å². The van der Waals surface area contributed by atoms with Gasteiger partial charge >= 0.3 is 5.69 Å². The minimum absolute atomic E-state index is 0.0256. The Labute approximate surface area is 131 Å². The summed E-state index contributed by atoms with van der Waals surface area (Å²) in [7, 11) is 3.87. The van der Waals surface area contributed by atoms with Gasteiger partial charge in [0.05, 0.1) is 6.04 Å². The first kappa shape index (κ1) is 16.2. The lowest BCUT2D eigenvalue weighted by molar-refractivity contribution is 0.0936. The van der Waals surface area contributed by atoms with Crippen LogP contribution in [0.2, 0.25) is 0 Å². The number of thiophene rings is 1. The number of rotatable bonds is 5. The van der Waals surface area contributed by atoms with E-state index in [4.69, 9.17) is 0 Å². The minimum atomic E-state index is -0.698. The fourth-order valence-electron chi connectivity index (χ4n) is 2.11. The molecule has 7 nitrogen and oxygen atoms in total. The van der Waals surface area contributed by atoms with Crippen molar-refractivity contribution in [2.24, 2.45) is 0 Å². The van der Waals surface area contributed by atoms with E-state index in [0.29, 0.717) is 6.54 Å². The van der Waals surface area contributed by atoms with E-state index in [-0.39, 0.29) is 11.7 Å². The van der Waals surface area contributed by atoms with Crippen molar-refractivity contribution >= 4 is 17.2 Å². The molecule has 2 aromatic heterocycles. The van der Waals surface area contributed by atoms with Crippen LogP contribution in [-0.4, -0.2) is 41.4 Å². The highest BCUT2D eigenvalue weighted by molar-refractivity contribution is 7.10. The topological polar surface area (TPSA) is 98.1 Å². The SMILES string of the molecule is Cc1ccsc1[C@@H](CNC(=O)c1cc(=O)[nH]c(=O)[nH]1)N(C)C. The van der Waals surface area contributed by atoms with Gasteiger partial charge in [0, 0.05) is 17.5 Å². The molecule has 1 amide bonds. The first-order valence-electron chi connectivity index (χ1n) is 6.70. The summed E-state index contributed by atoms with van der Waals surface area (Å²) in [4.78, 5) is 42.0. The molecule has 0 aromatic carbocycles. The summed E-state index contributed by atoms with van der Waals surface area (Å²) in [6.07, 6.45) is 0. The number of hydrogen-bond donors (Lipinski definition) is 3. The van der Waals surface area contributed by atoms with Gasteiger partial charge in [0.25, 0.3) is 11.5 Å². The molecule has 3 N–H and O–H groups in total. The Balaban J connectivity index is 2.13. The number of carbonyl (C=O) groups excluding carboxylic acids is 1. The third kappa shape index (κ3) is 3.71. The van der Waals surface area contributed by atoms with Crippen LogP contribution in [0.15, 0.2) is 27.1 Å². The van der Waals surface area contributed by atoms with Crippen molar-refractivity contribution in [3.05, 3.63) is 54.5 Å². The Morgan fingerprint density at radius 1 is 1.36 bits per heavy atom. The van der Waals surface area contributed by atoms with Crippen LogP contribution in [0.25, 0.3) is 0 Å². The van der Waals surface area contributed by atoms with E-state index >= 15 is 0 Å². The molecule has 0 aliphatic heterocycles. The number of aromatic nitrogens is 2. The largest absolute Gasteiger partial charge is 0.349 e. The van der Waals surface area contributed by atoms with Gasteiger partial charge in [-0.2, -0.15) is 0 Å². The maximum atomic E-state index is 12.1. The van der Waals surface area contributed by atoms with Crippen molar-refractivity contribution < 1.29 is 4.79 Å². The molecule has 1 atom stereocenters. The zero-order chi connectivity index (χ0) is 16.3. The summed E-state index contributed by atoms with van der Waals surface area (Å²) in [5.41, 5.74) is -0.181. The van der Waals surface area contributed by atoms with Crippen LogP contribution in [-0.2, 0) is 0 Å². The van der Waals surface area contributed by atoms with Gasteiger partial charge in [0.15, 0.2) is 0 Å². The highest BCUT2D eigenvalue weighted by Gasteiger charge is 2.19. The normalized spacial score (nSPS) is 12.4. The van der Waals surface area contributed by atoms with E-state index in [2.05, 4.69) is 10.3 Å². The minimum Gasteiger partial charge on any atom is -0.349 e. The number of aromatic amines is 2. The van der Waals surface area contributed by atoms with Crippen LogP contribution in [0, 0.1) is 6.92 Å². The molecule has 0 aliphatic rings. The zero-order valence-corrected chi connectivity index (χ0v) is 13.4. The molecule has 0 saturated carbocycles. The number of H-pyrrole nitrogens is 2. The molecule has 8 heteroatoms. The lowest BCUT2D eigenvalue weighted by Crippen LogP contribution is -2.36. The van der Waals surface area contributed by atoms with Crippen molar-refractivity contribution in [2.45, 2.75) is 13.0 Å². The van der Waals surface area contributed by atoms with E-state index < -0.39 is 17.2 Å². The second kappa shape index (κ2) is 6.71. The van der Waals surface area contributed by atoms with Gasteiger partial charge in [-0.25, -0.2) is 4.79 Å². The molecule has 0 aliphatic carbocycles. The van der Waals surface area contributed by atoms with Gasteiger partial charge in [-0.1, -0.05) is 0 Å². The van der Waals surface area contributed by atoms with Crippen molar-refractivity contribution in [2.75, 3.05) is 20.6 Å². The van der Waals surface area contributed by atoms with Crippen LogP contribution in [0.1, 0.15) is 27.0 Å². The Hall–Kier alpha value is -2.19. The average molecular weight is 322 g/mol. The maximum absolute atomic E-state index is 12.1. The highest BCUT2D eigenvalue weighted by atomic mass is 32.1. The van der Waals surface area contributed by atoms with Gasteiger partial charge in [0.2, 0.25) is 0 Å². The summed E-state index contributed by atoms with van der Waals surface area (Å²) >= 11 is 1.63. The van der Waals surface area contributed by atoms with Crippen molar-refractivity contribution in [1.82, 2.24) is 20.2 Å². The fourth-order valence-corrected chi connectivity index (χ4v) is 3.24. The number of likely N-dealkylation sites (N-methyl/N-ethyl adjacent to an activating group) is 1. The molecule has 0 fully saturated rings. The molecule has 0 saturated heterocycles. The fraction of sp³-hybridized carbons (Fsp3) is 0.357. The van der Waals surface area contributed by atoms with Crippen molar-refractivity contribution in [3.63, 3.8) is 0 Å². The molecule has 0 radical (unpaired) electrons. The summed E-state index contributed by atoms with van der Waals surface area (Å²) in [6, 6.07) is 3.13. The molecular formula is C14H18N4O3S. The number of carbonyl (C=O) groups is 1. The number of amides is 1. The molecule has 118 valence electrons. The second-order valence-corrected chi connectivity index (χ2v) is 6.11. The smallest absolute Gasteiger partial charge is 0.326 e. The van der Waals surface area contributed by atoms with E-state index in [1.807, 2.05) is 42.3 Å². The predicted molar refractivity (Wildman–Crippen MR) is 85.5 cm³/mol. The molecule has 0 unspecified atom stereocenters. The van der Waals surface area contributed by atoms with E-state index in [1.54, 1.807) is 11.3 Å². The standard InChI is InChI=1S/C14H18N4O3S/c1-8-4-5-22-12(8)10(18(2)3)7-15-13(20)9-6-11(19)17-14(21)16-9/h4-6,10H,7H2,1-3H3,(H,15,20)(H2,16,17,19,21)/t10-/m1/s1. The van der Waals surface area contributed by atoms with Crippen molar-refractivity contribution in [1.29, 1.82) is 0 Å². The van der Waals surface area contributed by atoms with Crippen LogP contribution in [0.5, 0.6) is 0 Å². The van der Waals surface area contributed by atoms with E-state index in [1.165, 1.54) is 10.4 Å². The third-order valence-corrected chi connectivity index (χ3v) is 4.41. The first-order valence-corrected chi connectivity index (χ1v) is 7.58. The van der Waals surface area contributed by atoms with Crippen LogP contribution in [0.4, 0.5) is 0 Å². The lowest BCUT2D eigenvalue weighted by Gasteiger charge is -2.24. The molecule has 2 heterocycles. The molecule has 2 aromatic rings. The number of nitrogens with one attached hydrogen (secondary N) is 3. The molecule has 2 rings (SSSR count). The maximum Gasteiger partial charge on any atom is 0.326 e. The van der Waals surface area contributed by atoms with Crippen LogP contribution >= 0.6 is 11.3 Å². The highest BCUT2D eigenvalue weighted by Crippen LogP contribution is 2.26. The second-order valence-electron chi connectivity index (χ2n) is 5.16. The molecule has 0 bridgehead atoms. The van der Waals surface area contributed by atoms with Crippen molar-refractivity contribution in [3.8, 4) is 0 Å². The Morgan fingerprint density at radius 3 is 2.64 bits per heavy atom. The number of nitrogens with zero attached hydrogens (tertiary/aromatic N) is 1. The van der Waals surface area contributed by atoms with Crippen LogP contribution < -0.4 is 16.6 Å². The monoisotopic (exact) mass is 322 g/mol. The number of aryl methyl sites for hydroxylation is 1. The van der Waals surface area contributed by atoms with E-state index in [9.17, 15) is 14.4 Å². The summed E-state index contributed by atoms with van der Waals surface area (Å²) < 4.78 is 0. The molecule has 22 heavy (non-hydrogen) atoms. The lowest BCUT2D eigenvalue weighted by atomic mass is 10.1. The number of hydrogen-bond acceptors (Lipinski definition) is 5. The quantitative estimate of drug-likeness (QED) is 0.745. The predicted octanol–water partition coefficient (Wildman–Crippen LogP) is 0.466. The summed E-state index contributed by atoms with van der Waals surface area (Å²) in [5.74, 6) is -0.482. The van der Waals surface area contributed by atoms with E-state index in [0.717, 1.165) is 6.07 Å². The average Bonchev–Trinajstić information content (AvgIpc) is 2.83. The van der Waals surface area contributed by atoms with Gasteiger partial charge in [0.1, 0.15) is 5.69 Å². The Bertz CT molecular complexity index is 746. The van der Waals surface area contributed by atoms with Gasteiger partial charge in [-0.05, 0) is 38.0 Å². The third-order valence-electron chi connectivity index (χ3n) is 3.29. The Kier molecular flexibility index (Phi) is 4.94. The first-order chi connectivity index (χ1) is 10.4. The van der Waals surface area contributed by atoms with Crippen LogP contribution in [0.3, 0.4) is 0 Å². The zero-order valence-electron chi connectivity index (χ0n) is 12.6. The molecule has 0 spiro atoms. The summed E-state index contributed by atoms with van der Waals surface area (Å²) in [5, 5.41) is 4.76. The summed E-state index contributed by atoms with van der Waals surface area (Å²) in [6.45, 7) is 2.40. The Morgan fingerprint density at radius 2 is 2.09 bits per heavy atom.